The number of aliphatic hydroxyl groups excluding tert-OH is 1. The first kappa shape index (κ1) is 12.6. The molecule has 1 unspecified atom stereocenters. The quantitative estimate of drug-likeness (QED) is 0.880. The molecule has 18 heavy (non-hydrogen) atoms. The van der Waals surface area contributed by atoms with Crippen LogP contribution in [0.2, 0.25) is 0 Å². The maximum Gasteiger partial charge on any atom is 0.258 e. The Morgan fingerprint density at radius 1 is 1.28 bits per heavy atom. The van der Waals surface area contributed by atoms with Gasteiger partial charge in [-0.05, 0) is 37.6 Å². The van der Waals surface area contributed by atoms with Gasteiger partial charge in [0.1, 0.15) is 11.9 Å². The van der Waals surface area contributed by atoms with Gasteiger partial charge < -0.3 is 14.4 Å². The van der Waals surface area contributed by atoms with Crippen LogP contribution >= 0.6 is 0 Å². The van der Waals surface area contributed by atoms with E-state index in [4.69, 9.17) is 9.26 Å². The molecule has 5 nitrogen and oxygen atoms in total. The van der Waals surface area contributed by atoms with Crippen LogP contribution in [0.1, 0.15) is 32.2 Å². The second kappa shape index (κ2) is 5.64. The van der Waals surface area contributed by atoms with Gasteiger partial charge in [-0.2, -0.15) is 4.98 Å². The molecule has 1 aromatic heterocycles. The van der Waals surface area contributed by atoms with Crippen molar-refractivity contribution in [3.05, 3.63) is 30.1 Å². The average molecular weight is 248 g/mol. The third-order valence-electron chi connectivity index (χ3n) is 2.54. The van der Waals surface area contributed by atoms with Crippen LogP contribution in [0.3, 0.4) is 0 Å². The molecule has 0 saturated heterocycles. The molecule has 0 aliphatic heterocycles. The maximum atomic E-state index is 9.60. The number of aliphatic hydroxyl groups is 1. The van der Waals surface area contributed by atoms with E-state index < -0.39 is 6.10 Å². The van der Waals surface area contributed by atoms with Crippen LogP contribution in [-0.2, 0) is 0 Å². The lowest BCUT2D eigenvalue weighted by atomic mass is 10.2. The Balaban J connectivity index is 2.18. The highest BCUT2D eigenvalue weighted by Gasteiger charge is 2.14. The molecular formula is C13H16N2O3. The van der Waals surface area contributed by atoms with E-state index in [1.165, 1.54) is 0 Å². The fraction of sp³-hybridized carbons (Fsp3) is 0.385. The van der Waals surface area contributed by atoms with Gasteiger partial charge in [-0.15, -0.1) is 0 Å². The highest BCUT2D eigenvalue weighted by atomic mass is 16.5. The van der Waals surface area contributed by atoms with E-state index in [0.717, 1.165) is 11.3 Å². The summed E-state index contributed by atoms with van der Waals surface area (Å²) in [6.07, 6.45) is -0.118. The zero-order valence-electron chi connectivity index (χ0n) is 10.5. The van der Waals surface area contributed by atoms with Crippen molar-refractivity contribution in [3.63, 3.8) is 0 Å². The minimum atomic E-state index is -0.676. The van der Waals surface area contributed by atoms with Crippen molar-refractivity contribution in [2.75, 3.05) is 6.61 Å². The highest BCUT2D eigenvalue weighted by Crippen LogP contribution is 2.22. The molecule has 1 atom stereocenters. The molecule has 1 aromatic carbocycles. The number of rotatable bonds is 5. The first-order valence-electron chi connectivity index (χ1n) is 5.99. The predicted molar refractivity (Wildman–Crippen MR) is 66.2 cm³/mol. The van der Waals surface area contributed by atoms with Crippen molar-refractivity contribution >= 4 is 0 Å². The number of hydrogen-bond acceptors (Lipinski definition) is 5. The standard InChI is InChI=1S/C13H16N2O3/c1-3-11(16)12-14-13(18-15-12)9-5-7-10(8-6-9)17-4-2/h5-8,11,16H,3-4H2,1-2H3. The van der Waals surface area contributed by atoms with E-state index in [2.05, 4.69) is 10.1 Å². The van der Waals surface area contributed by atoms with Gasteiger partial charge >= 0.3 is 0 Å². The molecule has 0 aliphatic carbocycles. The number of aromatic nitrogens is 2. The smallest absolute Gasteiger partial charge is 0.258 e. The second-order valence-corrected chi connectivity index (χ2v) is 3.84. The molecule has 1 N–H and O–H groups in total. The molecule has 0 aliphatic rings. The second-order valence-electron chi connectivity index (χ2n) is 3.84. The van der Waals surface area contributed by atoms with E-state index in [0.29, 0.717) is 24.7 Å². The minimum absolute atomic E-state index is 0.321. The summed E-state index contributed by atoms with van der Waals surface area (Å²) >= 11 is 0. The summed E-state index contributed by atoms with van der Waals surface area (Å²) in [4.78, 5) is 4.16. The summed E-state index contributed by atoms with van der Waals surface area (Å²) in [5.41, 5.74) is 0.806. The third kappa shape index (κ3) is 2.68. The van der Waals surface area contributed by atoms with E-state index in [1.807, 2.05) is 38.1 Å². The normalized spacial score (nSPS) is 12.4. The van der Waals surface area contributed by atoms with E-state index in [-0.39, 0.29) is 0 Å². The van der Waals surface area contributed by atoms with Crippen molar-refractivity contribution in [1.82, 2.24) is 10.1 Å². The zero-order chi connectivity index (χ0) is 13.0. The lowest BCUT2D eigenvalue weighted by Gasteiger charge is -2.02. The predicted octanol–water partition coefficient (Wildman–Crippen LogP) is 2.58. The van der Waals surface area contributed by atoms with Crippen LogP contribution < -0.4 is 4.74 Å². The van der Waals surface area contributed by atoms with Crippen molar-refractivity contribution in [1.29, 1.82) is 0 Å². The van der Waals surface area contributed by atoms with E-state index >= 15 is 0 Å². The molecule has 0 amide bonds. The molecule has 0 saturated carbocycles. The Bertz CT molecular complexity index is 493. The van der Waals surface area contributed by atoms with Gasteiger partial charge in [0, 0.05) is 5.56 Å². The molecule has 5 heteroatoms. The molecule has 0 spiro atoms. The fourth-order valence-electron chi connectivity index (χ4n) is 1.53. The summed E-state index contributed by atoms with van der Waals surface area (Å²) in [5, 5.41) is 13.4. The Kier molecular flexibility index (Phi) is 3.94. The summed E-state index contributed by atoms with van der Waals surface area (Å²) < 4.78 is 10.5. The van der Waals surface area contributed by atoms with E-state index in [1.54, 1.807) is 0 Å². The molecule has 0 radical (unpaired) electrons. The molecule has 2 rings (SSSR count). The SMILES string of the molecule is CCOc1ccc(-c2nc(C(O)CC)no2)cc1. The fourth-order valence-corrected chi connectivity index (χ4v) is 1.53. The van der Waals surface area contributed by atoms with Crippen LogP contribution in [0.25, 0.3) is 11.5 Å². The zero-order valence-corrected chi connectivity index (χ0v) is 10.5. The number of benzene rings is 1. The third-order valence-corrected chi connectivity index (χ3v) is 2.54. The van der Waals surface area contributed by atoms with Crippen LogP contribution in [0, 0.1) is 0 Å². The summed E-state index contributed by atoms with van der Waals surface area (Å²) in [7, 11) is 0. The Hall–Kier alpha value is -1.88. The number of nitrogens with zero attached hydrogens (tertiary/aromatic N) is 2. The van der Waals surface area contributed by atoms with Crippen molar-refractivity contribution in [2.24, 2.45) is 0 Å². The van der Waals surface area contributed by atoms with Gasteiger partial charge in [-0.1, -0.05) is 12.1 Å². The van der Waals surface area contributed by atoms with Gasteiger partial charge in [0.25, 0.3) is 5.89 Å². The van der Waals surface area contributed by atoms with Gasteiger partial charge in [0.2, 0.25) is 5.82 Å². The first-order chi connectivity index (χ1) is 8.74. The average Bonchev–Trinajstić information content (AvgIpc) is 2.89. The Morgan fingerprint density at radius 2 is 2.00 bits per heavy atom. The summed E-state index contributed by atoms with van der Waals surface area (Å²) in [6.45, 7) is 4.43. The Morgan fingerprint density at radius 3 is 2.61 bits per heavy atom. The van der Waals surface area contributed by atoms with Crippen LogP contribution in [-0.4, -0.2) is 21.9 Å². The summed E-state index contributed by atoms with van der Waals surface area (Å²) in [6, 6.07) is 7.39. The lowest BCUT2D eigenvalue weighted by Crippen LogP contribution is -1.97. The van der Waals surface area contributed by atoms with E-state index in [9.17, 15) is 5.11 Å². The Labute approximate surface area is 105 Å². The molecule has 2 aromatic rings. The highest BCUT2D eigenvalue weighted by molar-refractivity contribution is 5.54. The number of ether oxygens (including phenoxy) is 1. The lowest BCUT2D eigenvalue weighted by molar-refractivity contribution is 0.159. The summed E-state index contributed by atoms with van der Waals surface area (Å²) in [5.74, 6) is 1.52. The van der Waals surface area contributed by atoms with Gasteiger partial charge in [0.15, 0.2) is 0 Å². The van der Waals surface area contributed by atoms with Gasteiger partial charge in [0.05, 0.1) is 6.61 Å². The van der Waals surface area contributed by atoms with Crippen LogP contribution in [0.15, 0.2) is 28.8 Å². The topological polar surface area (TPSA) is 68.4 Å². The van der Waals surface area contributed by atoms with Gasteiger partial charge in [-0.3, -0.25) is 0 Å². The monoisotopic (exact) mass is 248 g/mol. The van der Waals surface area contributed by atoms with Crippen LogP contribution in [0.4, 0.5) is 0 Å². The molecule has 0 bridgehead atoms. The van der Waals surface area contributed by atoms with Crippen molar-refractivity contribution in [2.45, 2.75) is 26.4 Å². The van der Waals surface area contributed by atoms with Gasteiger partial charge in [-0.25, -0.2) is 0 Å². The molecular weight excluding hydrogens is 232 g/mol. The van der Waals surface area contributed by atoms with Crippen molar-refractivity contribution < 1.29 is 14.4 Å². The minimum Gasteiger partial charge on any atom is -0.494 e. The molecule has 0 fully saturated rings. The molecule has 96 valence electrons. The number of hydrogen-bond donors (Lipinski definition) is 1. The van der Waals surface area contributed by atoms with Crippen LogP contribution in [0.5, 0.6) is 5.75 Å². The van der Waals surface area contributed by atoms with Crippen molar-refractivity contribution in [3.8, 4) is 17.2 Å². The first-order valence-corrected chi connectivity index (χ1v) is 5.99. The maximum absolute atomic E-state index is 9.60. The largest absolute Gasteiger partial charge is 0.494 e. The molecule has 1 heterocycles.